The van der Waals surface area contributed by atoms with Gasteiger partial charge >= 0.3 is 6.18 Å². The van der Waals surface area contributed by atoms with Crippen LogP contribution < -0.4 is 10.6 Å². The number of anilines is 1. The quantitative estimate of drug-likeness (QED) is 0.880. The van der Waals surface area contributed by atoms with E-state index >= 15 is 0 Å². The lowest BCUT2D eigenvalue weighted by Crippen LogP contribution is -2.40. The van der Waals surface area contributed by atoms with Gasteiger partial charge in [-0.25, -0.2) is 0 Å². The second-order valence-corrected chi connectivity index (χ2v) is 5.13. The van der Waals surface area contributed by atoms with Crippen LogP contribution in [-0.2, 0) is 15.8 Å². The molecule has 4 nitrogen and oxygen atoms in total. The Balaban J connectivity index is 2.09. The molecule has 2 N–H and O–H groups in total. The molecule has 0 radical (unpaired) electrons. The Bertz CT molecular complexity index is 565. The van der Waals surface area contributed by atoms with Crippen molar-refractivity contribution in [1.29, 1.82) is 0 Å². The number of nitrogens with one attached hydrogen (secondary N) is 2. The first-order chi connectivity index (χ1) is 9.77. The van der Waals surface area contributed by atoms with E-state index in [9.17, 15) is 22.8 Å². The van der Waals surface area contributed by atoms with Gasteiger partial charge in [0.05, 0.1) is 16.5 Å². The van der Waals surface area contributed by atoms with E-state index in [2.05, 4.69) is 10.6 Å². The number of amides is 2. The van der Waals surface area contributed by atoms with Gasteiger partial charge in [-0.05, 0) is 24.6 Å². The molecule has 1 aliphatic heterocycles. The molecule has 0 saturated carbocycles. The van der Waals surface area contributed by atoms with E-state index in [1.165, 1.54) is 6.07 Å². The molecule has 1 heterocycles. The van der Waals surface area contributed by atoms with E-state index in [4.69, 9.17) is 11.6 Å². The van der Waals surface area contributed by atoms with E-state index in [0.29, 0.717) is 6.42 Å². The summed E-state index contributed by atoms with van der Waals surface area (Å²) >= 11 is 5.50. The van der Waals surface area contributed by atoms with Crippen molar-refractivity contribution in [3.8, 4) is 0 Å². The molecule has 1 saturated heterocycles. The zero-order chi connectivity index (χ0) is 15.6. The van der Waals surface area contributed by atoms with Gasteiger partial charge in [0.15, 0.2) is 0 Å². The molecule has 8 heteroatoms. The maximum absolute atomic E-state index is 12.7. The van der Waals surface area contributed by atoms with Crippen LogP contribution in [0, 0.1) is 5.92 Å². The molecule has 2 rings (SSSR count). The fraction of sp³-hybridized carbons (Fsp3) is 0.385. The summed E-state index contributed by atoms with van der Waals surface area (Å²) in [5.41, 5.74) is -0.979. The Morgan fingerprint density at radius 3 is 2.67 bits per heavy atom. The van der Waals surface area contributed by atoms with Crippen molar-refractivity contribution in [2.75, 3.05) is 11.9 Å². The average molecular weight is 321 g/mol. The third-order valence-corrected chi connectivity index (χ3v) is 3.51. The normalized spacial score (nSPS) is 19.0. The lowest BCUT2D eigenvalue weighted by atomic mass is 9.98. The lowest BCUT2D eigenvalue weighted by molar-refractivity contribution is -0.137. The molecule has 0 aromatic heterocycles. The number of benzene rings is 1. The first-order valence-electron chi connectivity index (χ1n) is 6.21. The highest BCUT2D eigenvalue weighted by Gasteiger charge is 2.33. The average Bonchev–Trinajstić information content (AvgIpc) is 2.40. The van der Waals surface area contributed by atoms with Gasteiger partial charge < -0.3 is 10.6 Å². The predicted molar refractivity (Wildman–Crippen MR) is 70.8 cm³/mol. The SMILES string of the molecule is O=C1CCC(C(=O)Nc2ccc(Cl)c(C(F)(F)F)c2)CN1. The summed E-state index contributed by atoms with van der Waals surface area (Å²) in [5, 5.41) is 4.53. The Morgan fingerprint density at radius 1 is 1.38 bits per heavy atom. The van der Waals surface area contributed by atoms with Crippen LogP contribution in [0.3, 0.4) is 0 Å². The minimum absolute atomic E-state index is 0.0219. The first kappa shape index (κ1) is 15.6. The number of carbonyl (C=O) groups is 2. The molecule has 1 fully saturated rings. The summed E-state index contributed by atoms with van der Waals surface area (Å²) in [6.07, 6.45) is -3.99. The van der Waals surface area contributed by atoms with E-state index in [0.717, 1.165) is 12.1 Å². The van der Waals surface area contributed by atoms with Gasteiger partial charge in [-0.3, -0.25) is 9.59 Å². The summed E-state index contributed by atoms with van der Waals surface area (Å²) in [7, 11) is 0. The maximum atomic E-state index is 12.7. The molecule has 0 spiro atoms. The molecule has 1 aromatic rings. The van der Waals surface area contributed by atoms with Crippen molar-refractivity contribution in [2.45, 2.75) is 19.0 Å². The van der Waals surface area contributed by atoms with Crippen LogP contribution in [0.15, 0.2) is 18.2 Å². The molecule has 1 aliphatic rings. The Labute approximate surface area is 123 Å². The van der Waals surface area contributed by atoms with Crippen LogP contribution in [0.4, 0.5) is 18.9 Å². The van der Waals surface area contributed by atoms with Crippen LogP contribution in [0.1, 0.15) is 18.4 Å². The van der Waals surface area contributed by atoms with Crippen molar-refractivity contribution in [3.63, 3.8) is 0 Å². The number of carbonyl (C=O) groups excluding carboxylic acids is 2. The van der Waals surface area contributed by atoms with Gasteiger partial charge in [0.25, 0.3) is 0 Å². The van der Waals surface area contributed by atoms with Gasteiger partial charge in [0.2, 0.25) is 11.8 Å². The van der Waals surface area contributed by atoms with Gasteiger partial charge in [0.1, 0.15) is 0 Å². The highest BCUT2D eigenvalue weighted by Crippen LogP contribution is 2.36. The third kappa shape index (κ3) is 3.87. The number of piperidine rings is 1. The second-order valence-electron chi connectivity index (χ2n) is 4.72. The van der Waals surface area contributed by atoms with Crippen LogP contribution in [0.25, 0.3) is 0 Å². The topological polar surface area (TPSA) is 58.2 Å². The smallest absolute Gasteiger partial charge is 0.355 e. The fourth-order valence-corrected chi connectivity index (χ4v) is 2.25. The third-order valence-electron chi connectivity index (χ3n) is 3.18. The number of rotatable bonds is 2. The van der Waals surface area contributed by atoms with E-state index in [1.54, 1.807) is 0 Å². The fourth-order valence-electron chi connectivity index (χ4n) is 2.02. The van der Waals surface area contributed by atoms with Gasteiger partial charge in [-0.2, -0.15) is 13.2 Å². The molecular weight excluding hydrogens is 309 g/mol. The largest absolute Gasteiger partial charge is 0.417 e. The summed E-state index contributed by atoms with van der Waals surface area (Å²) < 4.78 is 38.2. The van der Waals surface area contributed by atoms with Crippen LogP contribution in [-0.4, -0.2) is 18.4 Å². The van der Waals surface area contributed by atoms with Gasteiger partial charge in [-0.1, -0.05) is 11.6 Å². The molecule has 2 amide bonds. The molecular formula is C13H12ClF3N2O2. The summed E-state index contributed by atoms with van der Waals surface area (Å²) in [6, 6.07) is 3.18. The Hall–Kier alpha value is -1.76. The van der Waals surface area contributed by atoms with E-state index < -0.39 is 28.6 Å². The lowest BCUT2D eigenvalue weighted by Gasteiger charge is -2.21. The molecule has 0 bridgehead atoms. The van der Waals surface area contributed by atoms with Crippen molar-refractivity contribution < 1.29 is 22.8 Å². The first-order valence-corrected chi connectivity index (χ1v) is 6.59. The highest BCUT2D eigenvalue weighted by molar-refractivity contribution is 6.31. The Morgan fingerprint density at radius 2 is 2.10 bits per heavy atom. The maximum Gasteiger partial charge on any atom is 0.417 e. The van der Waals surface area contributed by atoms with E-state index in [-0.39, 0.29) is 24.6 Å². The number of alkyl halides is 3. The molecule has 1 atom stereocenters. The van der Waals surface area contributed by atoms with Gasteiger partial charge in [-0.15, -0.1) is 0 Å². The monoisotopic (exact) mass is 320 g/mol. The molecule has 0 aliphatic carbocycles. The number of hydrogen-bond donors (Lipinski definition) is 2. The minimum Gasteiger partial charge on any atom is -0.355 e. The van der Waals surface area contributed by atoms with Crippen molar-refractivity contribution in [3.05, 3.63) is 28.8 Å². The van der Waals surface area contributed by atoms with Gasteiger partial charge in [0, 0.05) is 18.7 Å². The zero-order valence-electron chi connectivity index (χ0n) is 10.8. The predicted octanol–water partition coefficient (Wildman–Crippen LogP) is 2.82. The van der Waals surface area contributed by atoms with Crippen molar-refractivity contribution in [1.82, 2.24) is 5.32 Å². The number of halogens is 4. The Kier molecular flexibility index (Phi) is 4.41. The standard InChI is InChI=1S/C13H12ClF3N2O2/c14-10-3-2-8(5-9(10)13(15,16)17)19-12(21)7-1-4-11(20)18-6-7/h2-3,5,7H,1,4,6H2,(H,18,20)(H,19,21). The molecule has 21 heavy (non-hydrogen) atoms. The number of hydrogen-bond acceptors (Lipinski definition) is 2. The second kappa shape index (κ2) is 5.93. The molecule has 1 unspecified atom stereocenters. The zero-order valence-corrected chi connectivity index (χ0v) is 11.5. The van der Waals surface area contributed by atoms with Crippen molar-refractivity contribution >= 4 is 29.1 Å². The van der Waals surface area contributed by atoms with Crippen LogP contribution in [0.2, 0.25) is 5.02 Å². The summed E-state index contributed by atoms with van der Waals surface area (Å²) in [6.45, 7) is 0.185. The van der Waals surface area contributed by atoms with Crippen molar-refractivity contribution in [2.24, 2.45) is 5.92 Å². The summed E-state index contributed by atoms with van der Waals surface area (Å²) in [5.74, 6) is -1.01. The highest BCUT2D eigenvalue weighted by atomic mass is 35.5. The van der Waals surface area contributed by atoms with E-state index in [1.807, 2.05) is 0 Å². The van der Waals surface area contributed by atoms with Crippen LogP contribution in [0.5, 0.6) is 0 Å². The summed E-state index contributed by atoms with van der Waals surface area (Å²) in [4.78, 5) is 22.9. The van der Waals surface area contributed by atoms with Crippen LogP contribution >= 0.6 is 11.6 Å². The molecule has 114 valence electrons. The molecule has 1 aromatic carbocycles. The minimum atomic E-state index is -4.59.